The van der Waals surface area contributed by atoms with Gasteiger partial charge >= 0.3 is 0 Å². The zero-order valence-electron chi connectivity index (χ0n) is 16.4. The summed E-state index contributed by atoms with van der Waals surface area (Å²) < 4.78 is 16.6. The van der Waals surface area contributed by atoms with Crippen molar-refractivity contribution < 1.29 is 19.0 Å². The second-order valence-corrected chi connectivity index (χ2v) is 6.84. The molecule has 0 aliphatic heterocycles. The van der Waals surface area contributed by atoms with Crippen molar-refractivity contribution in [2.75, 3.05) is 20.8 Å². The van der Waals surface area contributed by atoms with E-state index in [9.17, 15) is 5.11 Å². The lowest BCUT2D eigenvalue weighted by atomic mass is 10.1. The van der Waals surface area contributed by atoms with Gasteiger partial charge in [-0.25, -0.2) is 0 Å². The number of hydrogen-bond donors (Lipinski definition) is 1. The van der Waals surface area contributed by atoms with E-state index in [1.54, 1.807) is 14.2 Å². The Bertz CT molecular complexity index is 900. The first-order valence-electron chi connectivity index (χ1n) is 9.10. The summed E-state index contributed by atoms with van der Waals surface area (Å²) in [5, 5.41) is 11.1. The second kappa shape index (κ2) is 8.46. The van der Waals surface area contributed by atoms with Crippen LogP contribution in [-0.2, 0) is 13.1 Å². The highest BCUT2D eigenvalue weighted by molar-refractivity contribution is 5.82. The van der Waals surface area contributed by atoms with E-state index in [1.807, 2.05) is 50.2 Å². The number of methoxy groups -OCH3 is 2. The van der Waals surface area contributed by atoms with E-state index in [2.05, 4.69) is 11.0 Å². The number of aliphatic hydroxyl groups excluding tert-OH is 1. The first-order valence-corrected chi connectivity index (χ1v) is 9.10. The fraction of sp³-hybridized carbons (Fsp3) is 0.364. The Morgan fingerprint density at radius 2 is 1.78 bits per heavy atom. The van der Waals surface area contributed by atoms with Crippen LogP contribution in [-0.4, -0.2) is 36.9 Å². The van der Waals surface area contributed by atoms with Crippen LogP contribution in [0.25, 0.3) is 11.0 Å². The van der Waals surface area contributed by atoms with Crippen molar-refractivity contribution in [1.29, 1.82) is 0 Å². The fourth-order valence-corrected chi connectivity index (χ4v) is 3.44. The van der Waals surface area contributed by atoms with Gasteiger partial charge in [-0.3, -0.25) is 4.90 Å². The van der Waals surface area contributed by atoms with Gasteiger partial charge in [-0.05, 0) is 37.6 Å². The summed E-state index contributed by atoms with van der Waals surface area (Å²) in [6.07, 6.45) is -0.427. The molecule has 144 valence electrons. The lowest BCUT2D eigenvalue weighted by Crippen LogP contribution is -2.30. The van der Waals surface area contributed by atoms with Crippen molar-refractivity contribution in [3.8, 4) is 11.5 Å². The molecule has 1 atom stereocenters. The molecule has 1 aromatic heterocycles. The van der Waals surface area contributed by atoms with Gasteiger partial charge in [-0.2, -0.15) is 0 Å². The zero-order chi connectivity index (χ0) is 19.4. The third-order valence-corrected chi connectivity index (χ3v) is 4.66. The smallest absolute Gasteiger partial charge is 0.161 e. The highest BCUT2D eigenvalue weighted by Crippen LogP contribution is 2.30. The minimum absolute atomic E-state index is 0.427. The summed E-state index contributed by atoms with van der Waals surface area (Å²) >= 11 is 0. The van der Waals surface area contributed by atoms with Crippen LogP contribution in [0, 0.1) is 6.92 Å². The summed E-state index contributed by atoms with van der Waals surface area (Å²) in [6, 6.07) is 14.0. The van der Waals surface area contributed by atoms with Crippen LogP contribution in [0.3, 0.4) is 0 Å². The van der Waals surface area contributed by atoms with Gasteiger partial charge in [0.1, 0.15) is 11.3 Å². The molecule has 1 N–H and O–H groups in total. The molecule has 0 fully saturated rings. The Labute approximate surface area is 160 Å². The van der Waals surface area contributed by atoms with Crippen LogP contribution in [0.1, 0.15) is 23.8 Å². The molecule has 0 saturated heterocycles. The SMILES string of the molecule is COc1ccc(CN(Cc2c(C)oc3ccccc23)C[C@H](C)O)cc1OC. The molecule has 1 heterocycles. The first kappa shape index (κ1) is 19.3. The minimum Gasteiger partial charge on any atom is -0.493 e. The van der Waals surface area contributed by atoms with Crippen molar-refractivity contribution in [1.82, 2.24) is 4.90 Å². The van der Waals surface area contributed by atoms with Crippen molar-refractivity contribution in [2.24, 2.45) is 0 Å². The number of para-hydroxylation sites is 1. The van der Waals surface area contributed by atoms with Crippen molar-refractivity contribution in [3.05, 3.63) is 59.4 Å². The van der Waals surface area contributed by atoms with Crippen LogP contribution in [0.2, 0.25) is 0 Å². The van der Waals surface area contributed by atoms with E-state index >= 15 is 0 Å². The summed E-state index contributed by atoms with van der Waals surface area (Å²) in [5.41, 5.74) is 3.15. The number of nitrogens with zero attached hydrogens (tertiary/aromatic N) is 1. The van der Waals surface area contributed by atoms with Gasteiger partial charge in [-0.1, -0.05) is 24.3 Å². The van der Waals surface area contributed by atoms with Gasteiger partial charge < -0.3 is 19.0 Å². The maximum Gasteiger partial charge on any atom is 0.161 e. The van der Waals surface area contributed by atoms with Gasteiger partial charge in [0.2, 0.25) is 0 Å². The summed E-state index contributed by atoms with van der Waals surface area (Å²) in [6.45, 7) is 5.74. The van der Waals surface area contributed by atoms with Crippen molar-refractivity contribution in [3.63, 3.8) is 0 Å². The maximum absolute atomic E-state index is 9.99. The Hall–Kier alpha value is -2.50. The highest BCUT2D eigenvalue weighted by Gasteiger charge is 2.17. The summed E-state index contributed by atoms with van der Waals surface area (Å²) in [5.74, 6) is 2.33. The van der Waals surface area contributed by atoms with Gasteiger partial charge in [0, 0.05) is 30.6 Å². The molecule has 3 rings (SSSR count). The Morgan fingerprint density at radius 1 is 1.04 bits per heavy atom. The Kier molecular flexibility index (Phi) is 6.04. The van der Waals surface area contributed by atoms with Crippen molar-refractivity contribution in [2.45, 2.75) is 33.0 Å². The van der Waals surface area contributed by atoms with Crippen LogP contribution in [0.4, 0.5) is 0 Å². The standard InChI is InChI=1S/C22H27NO4/c1-15(24)12-23(13-17-9-10-21(25-3)22(11-17)26-4)14-19-16(2)27-20-8-6-5-7-18(19)20/h5-11,15,24H,12-14H2,1-4H3/t15-/m0/s1. The van der Waals surface area contributed by atoms with Crippen LogP contribution >= 0.6 is 0 Å². The molecule has 0 radical (unpaired) electrons. The van der Waals surface area contributed by atoms with Crippen LogP contribution in [0.15, 0.2) is 46.9 Å². The monoisotopic (exact) mass is 369 g/mol. The lowest BCUT2D eigenvalue weighted by molar-refractivity contribution is 0.118. The van der Waals surface area contributed by atoms with E-state index in [0.717, 1.165) is 27.9 Å². The molecule has 2 aromatic carbocycles. The molecule has 0 unspecified atom stereocenters. The minimum atomic E-state index is -0.427. The lowest BCUT2D eigenvalue weighted by Gasteiger charge is -2.24. The van der Waals surface area contributed by atoms with E-state index in [0.29, 0.717) is 31.1 Å². The molecule has 3 aromatic rings. The molecule has 0 aliphatic rings. The van der Waals surface area contributed by atoms with Crippen LogP contribution in [0.5, 0.6) is 11.5 Å². The van der Waals surface area contributed by atoms with E-state index in [4.69, 9.17) is 13.9 Å². The number of aryl methyl sites for hydroxylation is 1. The van der Waals surface area contributed by atoms with Gasteiger partial charge in [0.25, 0.3) is 0 Å². The Balaban J connectivity index is 1.87. The number of rotatable bonds is 8. The number of fused-ring (bicyclic) bond motifs is 1. The van der Waals surface area contributed by atoms with Gasteiger partial charge in [0.05, 0.1) is 20.3 Å². The zero-order valence-corrected chi connectivity index (χ0v) is 16.4. The van der Waals surface area contributed by atoms with Gasteiger partial charge in [-0.15, -0.1) is 0 Å². The molecule has 27 heavy (non-hydrogen) atoms. The predicted molar refractivity (Wildman–Crippen MR) is 106 cm³/mol. The second-order valence-electron chi connectivity index (χ2n) is 6.84. The molecule has 0 aliphatic carbocycles. The molecule has 5 nitrogen and oxygen atoms in total. The third kappa shape index (κ3) is 4.43. The molecule has 0 amide bonds. The molecular weight excluding hydrogens is 342 g/mol. The largest absolute Gasteiger partial charge is 0.493 e. The molecule has 0 bridgehead atoms. The third-order valence-electron chi connectivity index (χ3n) is 4.66. The molecule has 0 spiro atoms. The average Bonchev–Trinajstić information content (AvgIpc) is 2.96. The molecule has 0 saturated carbocycles. The molecular formula is C22H27NO4. The quantitative estimate of drug-likeness (QED) is 0.647. The number of ether oxygens (including phenoxy) is 2. The highest BCUT2D eigenvalue weighted by atomic mass is 16.5. The first-order chi connectivity index (χ1) is 13.0. The number of furan rings is 1. The topological polar surface area (TPSA) is 55.1 Å². The molecule has 5 heteroatoms. The predicted octanol–water partition coefficient (Wildman–Crippen LogP) is 4.14. The van der Waals surface area contributed by atoms with Crippen LogP contribution < -0.4 is 9.47 Å². The average molecular weight is 369 g/mol. The van der Waals surface area contributed by atoms with E-state index in [1.165, 1.54) is 0 Å². The van der Waals surface area contributed by atoms with Crippen molar-refractivity contribution >= 4 is 11.0 Å². The maximum atomic E-state index is 9.99. The normalized spacial score (nSPS) is 12.5. The summed E-state index contributed by atoms with van der Waals surface area (Å²) in [4.78, 5) is 2.22. The number of aliphatic hydroxyl groups is 1. The summed E-state index contributed by atoms with van der Waals surface area (Å²) in [7, 11) is 3.26. The van der Waals surface area contributed by atoms with E-state index in [-0.39, 0.29) is 0 Å². The fourth-order valence-electron chi connectivity index (χ4n) is 3.44. The number of benzene rings is 2. The Morgan fingerprint density at radius 3 is 2.48 bits per heavy atom. The van der Waals surface area contributed by atoms with E-state index < -0.39 is 6.10 Å². The number of hydrogen-bond acceptors (Lipinski definition) is 5. The van der Waals surface area contributed by atoms with Gasteiger partial charge in [0.15, 0.2) is 11.5 Å².